The molecule has 0 saturated heterocycles. The quantitative estimate of drug-likeness (QED) is 0.445. The Morgan fingerprint density at radius 1 is 1.19 bits per heavy atom. The van der Waals surface area contributed by atoms with E-state index in [1.807, 2.05) is 38.5 Å². The Balaban J connectivity index is 1.55. The Hall–Kier alpha value is -3.78. The van der Waals surface area contributed by atoms with Crippen LogP contribution in [0.4, 0.5) is 0 Å². The van der Waals surface area contributed by atoms with Crippen molar-refractivity contribution in [1.82, 2.24) is 34.7 Å². The van der Waals surface area contributed by atoms with Gasteiger partial charge in [-0.1, -0.05) is 12.7 Å². The van der Waals surface area contributed by atoms with Crippen molar-refractivity contribution < 1.29 is 0 Å². The first-order chi connectivity index (χ1) is 15.4. The standard InChI is InChI=1S/C24H23N7S/c1-13(20-12-26-16(4)31(20)5)6-8-18-15(3)22(30-29-18)24-27-19-11-25-10-17(23(19)28-24)21-9-7-14(2)32-21/h6-12,29H,3H2,1-2,4-5H3,(H,27,28)/b13-6+,18-8+. The van der Waals surface area contributed by atoms with E-state index in [9.17, 15) is 0 Å². The third-order valence-electron chi connectivity index (χ3n) is 5.65. The largest absolute Gasteiger partial charge is 0.335 e. The molecule has 0 aromatic carbocycles. The molecule has 0 spiro atoms. The molecular formula is C24H23N7S. The normalized spacial score (nSPS) is 12.9. The highest BCUT2D eigenvalue weighted by atomic mass is 32.1. The van der Waals surface area contributed by atoms with Crippen molar-refractivity contribution in [3.05, 3.63) is 63.8 Å². The Bertz CT molecular complexity index is 1590. The van der Waals surface area contributed by atoms with Gasteiger partial charge in [0.1, 0.15) is 17.0 Å². The molecule has 5 rings (SSSR count). The lowest BCUT2D eigenvalue weighted by atomic mass is 10.2. The summed E-state index contributed by atoms with van der Waals surface area (Å²) in [6.07, 6.45) is 9.57. The van der Waals surface area contributed by atoms with Crippen molar-refractivity contribution >= 4 is 40.6 Å². The van der Waals surface area contributed by atoms with E-state index >= 15 is 0 Å². The van der Waals surface area contributed by atoms with Crippen LogP contribution in [0.5, 0.6) is 0 Å². The second-order valence-corrected chi connectivity index (χ2v) is 9.10. The smallest absolute Gasteiger partial charge is 0.159 e. The van der Waals surface area contributed by atoms with E-state index in [0.717, 1.165) is 49.1 Å². The zero-order chi connectivity index (χ0) is 22.4. The van der Waals surface area contributed by atoms with E-state index in [0.29, 0.717) is 11.5 Å². The number of hydrogen-bond acceptors (Lipinski definition) is 5. The summed E-state index contributed by atoms with van der Waals surface area (Å²) < 4.78 is 2.07. The van der Waals surface area contributed by atoms with Crippen LogP contribution in [0.2, 0.25) is 0 Å². The van der Waals surface area contributed by atoms with Gasteiger partial charge in [-0.05, 0) is 44.6 Å². The van der Waals surface area contributed by atoms with E-state index in [1.165, 1.54) is 4.88 Å². The lowest BCUT2D eigenvalue weighted by molar-refractivity contribution is 0.845. The maximum atomic E-state index is 4.85. The number of rotatable bonds is 4. The SMILES string of the molecule is C=c1c(-c2nc3c(-c4ccc(C)s4)cncc3[nH]2)n[nH]/c1=C/C=C(\C)c1cnc(C)n1C. The molecule has 0 unspecified atom stereocenters. The fraction of sp³-hybridized carbons (Fsp3) is 0.167. The molecule has 2 N–H and O–H groups in total. The zero-order valence-corrected chi connectivity index (χ0v) is 19.2. The van der Waals surface area contributed by atoms with Crippen molar-refractivity contribution in [2.24, 2.45) is 7.05 Å². The highest BCUT2D eigenvalue weighted by molar-refractivity contribution is 7.15. The second kappa shape index (κ2) is 7.72. The summed E-state index contributed by atoms with van der Waals surface area (Å²) in [5.74, 6) is 1.65. The van der Waals surface area contributed by atoms with Crippen LogP contribution >= 0.6 is 11.3 Å². The van der Waals surface area contributed by atoms with Crippen LogP contribution in [-0.2, 0) is 7.05 Å². The Kier molecular flexibility index (Phi) is 4.86. The van der Waals surface area contributed by atoms with E-state index in [4.69, 9.17) is 4.98 Å². The van der Waals surface area contributed by atoms with Gasteiger partial charge in [-0.15, -0.1) is 11.3 Å². The number of aromatic nitrogens is 7. The summed E-state index contributed by atoms with van der Waals surface area (Å²) in [6.45, 7) is 10.4. The first-order valence-electron chi connectivity index (χ1n) is 10.2. The van der Waals surface area contributed by atoms with Gasteiger partial charge in [-0.3, -0.25) is 10.1 Å². The van der Waals surface area contributed by atoms with Crippen LogP contribution in [0.15, 0.2) is 36.8 Å². The minimum Gasteiger partial charge on any atom is -0.335 e. The number of fused-ring (bicyclic) bond motifs is 1. The van der Waals surface area contributed by atoms with Crippen molar-refractivity contribution in [2.75, 3.05) is 0 Å². The molecule has 32 heavy (non-hydrogen) atoms. The van der Waals surface area contributed by atoms with Crippen LogP contribution in [0.3, 0.4) is 0 Å². The summed E-state index contributed by atoms with van der Waals surface area (Å²) in [7, 11) is 2.01. The molecule has 0 radical (unpaired) electrons. The van der Waals surface area contributed by atoms with E-state index in [1.54, 1.807) is 17.5 Å². The van der Waals surface area contributed by atoms with Gasteiger partial charge in [-0.25, -0.2) is 9.97 Å². The number of aryl methyl sites for hydroxylation is 2. The fourth-order valence-corrected chi connectivity index (χ4v) is 4.56. The van der Waals surface area contributed by atoms with Gasteiger partial charge < -0.3 is 9.55 Å². The predicted octanol–water partition coefficient (Wildman–Crippen LogP) is 3.72. The van der Waals surface area contributed by atoms with Gasteiger partial charge in [0.05, 0.1) is 29.0 Å². The maximum Gasteiger partial charge on any atom is 0.159 e. The molecule has 0 bridgehead atoms. The molecule has 5 aromatic heterocycles. The molecule has 5 aromatic rings. The average molecular weight is 442 g/mol. The Morgan fingerprint density at radius 2 is 2.03 bits per heavy atom. The second-order valence-electron chi connectivity index (χ2n) is 7.81. The van der Waals surface area contributed by atoms with E-state index < -0.39 is 0 Å². The Labute approximate surface area is 188 Å². The number of allylic oxidation sites excluding steroid dienone is 2. The first-order valence-corrected chi connectivity index (χ1v) is 11.1. The van der Waals surface area contributed by atoms with E-state index in [2.05, 4.69) is 62.3 Å². The lowest BCUT2D eigenvalue weighted by Gasteiger charge is -2.02. The molecule has 8 heteroatoms. The van der Waals surface area contributed by atoms with Gasteiger partial charge in [0.15, 0.2) is 5.82 Å². The van der Waals surface area contributed by atoms with Crippen LogP contribution < -0.4 is 10.6 Å². The van der Waals surface area contributed by atoms with Crippen molar-refractivity contribution in [2.45, 2.75) is 20.8 Å². The molecule has 160 valence electrons. The molecule has 7 nitrogen and oxygen atoms in total. The van der Waals surface area contributed by atoms with Crippen molar-refractivity contribution in [1.29, 1.82) is 0 Å². The summed E-state index contributed by atoms with van der Waals surface area (Å²) in [4.78, 5) is 19.4. The highest BCUT2D eigenvalue weighted by Gasteiger charge is 2.14. The van der Waals surface area contributed by atoms with Gasteiger partial charge in [0, 0.05) is 33.8 Å². The number of H-pyrrole nitrogens is 2. The third-order valence-corrected chi connectivity index (χ3v) is 6.68. The number of hydrogen-bond donors (Lipinski definition) is 2. The lowest BCUT2D eigenvalue weighted by Crippen LogP contribution is -2.21. The van der Waals surface area contributed by atoms with Gasteiger partial charge in [0.2, 0.25) is 0 Å². The molecular weight excluding hydrogens is 418 g/mol. The van der Waals surface area contributed by atoms with Crippen LogP contribution in [0.1, 0.15) is 23.3 Å². The number of thiophene rings is 1. The Morgan fingerprint density at radius 3 is 2.75 bits per heavy atom. The number of pyridine rings is 1. The number of aromatic amines is 2. The molecule has 5 heterocycles. The predicted molar refractivity (Wildman–Crippen MR) is 130 cm³/mol. The molecule has 0 aliphatic carbocycles. The third kappa shape index (κ3) is 3.38. The van der Waals surface area contributed by atoms with Crippen LogP contribution in [0, 0.1) is 13.8 Å². The maximum absolute atomic E-state index is 4.85. The van der Waals surface area contributed by atoms with Gasteiger partial charge >= 0.3 is 0 Å². The summed E-state index contributed by atoms with van der Waals surface area (Å²) in [5.41, 5.74) is 5.65. The molecule has 0 fully saturated rings. The zero-order valence-electron chi connectivity index (χ0n) is 18.4. The fourth-order valence-electron chi connectivity index (χ4n) is 3.68. The topological polar surface area (TPSA) is 88.1 Å². The van der Waals surface area contributed by atoms with Crippen LogP contribution in [-0.4, -0.2) is 34.7 Å². The molecule has 0 aliphatic heterocycles. The van der Waals surface area contributed by atoms with E-state index in [-0.39, 0.29) is 0 Å². The number of nitrogens with one attached hydrogen (secondary N) is 2. The molecule has 0 atom stereocenters. The first kappa shape index (κ1) is 20.1. The summed E-state index contributed by atoms with van der Waals surface area (Å²) >= 11 is 1.73. The molecule has 0 amide bonds. The monoisotopic (exact) mass is 441 g/mol. The summed E-state index contributed by atoms with van der Waals surface area (Å²) in [6, 6.07) is 4.22. The minimum atomic E-state index is 0.673. The van der Waals surface area contributed by atoms with Crippen molar-refractivity contribution in [3.63, 3.8) is 0 Å². The average Bonchev–Trinajstić information content (AvgIpc) is 3.54. The molecule has 0 aliphatic rings. The van der Waals surface area contributed by atoms with Gasteiger partial charge in [0.25, 0.3) is 0 Å². The van der Waals surface area contributed by atoms with Crippen LogP contribution in [0.25, 0.3) is 51.2 Å². The number of nitrogens with zero attached hydrogens (tertiary/aromatic N) is 5. The highest BCUT2D eigenvalue weighted by Crippen LogP contribution is 2.32. The van der Waals surface area contributed by atoms with Crippen molar-refractivity contribution in [3.8, 4) is 22.0 Å². The number of imidazole rings is 2. The van der Waals surface area contributed by atoms with Gasteiger partial charge in [-0.2, -0.15) is 5.10 Å². The minimum absolute atomic E-state index is 0.673. The summed E-state index contributed by atoms with van der Waals surface area (Å²) in [5, 5.41) is 9.19. The molecule has 0 saturated carbocycles.